The molecule has 2 heterocycles. The summed E-state index contributed by atoms with van der Waals surface area (Å²) in [7, 11) is 1.66. The highest BCUT2D eigenvalue weighted by Gasteiger charge is 2.11. The maximum absolute atomic E-state index is 5.24. The second-order valence-electron chi connectivity index (χ2n) is 5.07. The van der Waals surface area contributed by atoms with Crippen molar-refractivity contribution in [2.24, 2.45) is 0 Å². The second-order valence-corrected chi connectivity index (χ2v) is 5.07. The van der Waals surface area contributed by atoms with Gasteiger partial charge in [0.05, 0.1) is 18.1 Å². The number of rotatable bonds is 4. The molecule has 0 aliphatic carbocycles. The minimum Gasteiger partial charge on any atom is -0.497 e. The number of ether oxygens (including phenoxy) is 1. The Morgan fingerprint density at radius 1 is 1.13 bits per heavy atom. The molecule has 0 radical (unpaired) electrons. The highest BCUT2D eigenvalue weighted by Crippen LogP contribution is 2.20. The van der Waals surface area contributed by atoms with Gasteiger partial charge in [0.2, 0.25) is 5.65 Å². The van der Waals surface area contributed by atoms with Gasteiger partial charge in [0, 0.05) is 6.54 Å². The van der Waals surface area contributed by atoms with E-state index in [1.165, 1.54) is 0 Å². The summed E-state index contributed by atoms with van der Waals surface area (Å²) < 4.78 is 6.93. The van der Waals surface area contributed by atoms with Crippen LogP contribution in [0.2, 0.25) is 0 Å². The molecule has 7 heteroatoms. The second kappa shape index (κ2) is 5.53. The summed E-state index contributed by atoms with van der Waals surface area (Å²) >= 11 is 0. The van der Waals surface area contributed by atoms with Crippen LogP contribution in [0, 0.1) is 0 Å². The number of hydrogen-bond acceptors (Lipinski definition) is 6. The van der Waals surface area contributed by atoms with E-state index in [-0.39, 0.29) is 0 Å². The fraction of sp³-hybridized carbons (Fsp3) is 0.125. The molecule has 0 saturated heterocycles. The van der Waals surface area contributed by atoms with Crippen molar-refractivity contribution in [3.05, 3.63) is 54.1 Å². The van der Waals surface area contributed by atoms with Crippen LogP contribution in [0.15, 0.2) is 48.5 Å². The molecule has 2 aromatic heterocycles. The van der Waals surface area contributed by atoms with Gasteiger partial charge in [-0.2, -0.15) is 4.52 Å². The van der Waals surface area contributed by atoms with Crippen molar-refractivity contribution < 1.29 is 4.74 Å². The predicted octanol–water partition coefficient (Wildman–Crippen LogP) is 2.29. The molecule has 4 aromatic rings. The Morgan fingerprint density at radius 2 is 2.04 bits per heavy atom. The van der Waals surface area contributed by atoms with Crippen molar-refractivity contribution in [3.8, 4) is 5.75 Å². The molecule has 0 fully saturated rings. The molecular weight excluding hydrogens is 292 g/mol. The van der Waals surface area contributed by atoms with Crippen molar-refractivity contribution in [1.29, 1.82) is 0 Å². The number of methoxy groups -OCH3 is 1. The first kappa shape index (κ1) is 13.4. The van der Waals surface area contributed by atoms with E-state index >= 15 is 0 Å². The first-order chi connectivity index (χ1) is 11.3. The van der Waals surface area contributed by atoms with Gasteiger partial charge in [0.15, 0.2) is 5.82 Å². The number of anilines is 1. The molecular formula is C16H14N6O. The largest absolute Gasteiger partial charge is 0.497 e. The normalized spacial score (nSPS) is 11.0. The lowest BCUT2D eigenvalue weighted by Crippen LogP contribution is -2.05. The van der Waals surface area contributed by atoms with Crippen molar-refractivity contribution >= 4 is 22.5 Å². The van der Waals surface area contributed by atoms with E-state index < -0.39 is 0 Å². The van der Waals surface area contributed by atoms with Crippen LogP contribution in [0.4, 0.5) is 5.82 Å². The molecule has 0 spiro atoms. The third-order valence-electron chi connectivity index (χ3n) is 3.62. The molecule has 0 saturated carbocycles. The molecule has 23 heavy (non-hydrogen) atoms. The monoisotopic (exact) mass is 306 g/mol. The van der Waals surface area contributed by atoms with Crippen LogP contribution in [0.25, 0.3) is 16.7 Å². The number of fused-ring (bicyclic) bond motifs is 3. The quantitative estimate of drug-likeness (QED) is 0.623. The summed E-state index contributed by atoms with van der Waals surface area (Å²) in [4.78, 5) is 4.63. The Hall–Kier alpha value is -3.22. The summed E-state index contributed by atoms with van der Waals surface area (Å²) in [6, 6.07) is 15.6. The molecule has 0 amide bonds. The lowest BCUT2D eigenvalue weighted by molar-refractivity contribution is 0.414. The minimum absolute atomic E-state index is 0.602. The molecule has 0 bridgehead atoms. The van der Waals surface area contributed by atoms with Gasteiger partial charge in [-0.25, -0.2) is 4.98 Å². The molecule has 114 valence electrons. The van der Waals surface area contributed by atoms with E-state index in [0.717, 1.165) is 22.3 Å². The van der Waals surface area contributed by atoms with E-state index in [2.05, 4.69) is 25.8 Å². The SMILES string of the molecule is COc1cccc(CNc2nc3ccccc3n3nnnc23)c1. The molecule has 2 aromatic carbocycles. The summed E-state index contributed by atoms with van der Waals surface area (Å²) in [5.74, 6) is 1.47. The van der Waals surface area contributed by atoms with Gasteiger partial charge in [-0.1, -0.05) is 24.3 Å². The van der Waals surface area contributed by atoms with Crippen molar-refractivity contribution in [3.63, 3.8) is 0 Å². The molecule has 4 rings (SSSR count). The standard InChI is InChI=1S/C16H14N6O/c1-23-12-6-4-5-11(9-12)10-17-15-16-19-20-21-22(16)14-8-3-2-7-13(14)18-15/h2-9H,10H2,1H3,(H,17,18). The number of para-hydroxylation sites is 2. The molecule has 0 unspecified atom stereocenters. The molecule has 1 N–H and O–H groups in total. The number of hydrogen-bond donors (Lipinski definition) is 1. The van der Waals surface area contributed by atoms with Gasteiger partial charge >= 0.3 is 0 Å². The molecule has 0 aliphatic rings. The first-order valence-electron chi connectivity index (χ1n) is 7.19. The zero-order valence-corrected chi connectivity index (χ0v) is 12.5. The smallest absolute Gasteiger partial charge is 0.222 e. The highest BCUT2D eigenvalue weighted by molar-refractivity contribution is 5.81. The fourth-order valence-corrected chi connectivity index (χ4v) is 2.49. The summed E-state index contributed by atoms with van der Waals surface area (Å²) in [6.07, 6.45) is 0. The third-order valence-corrected chi connectivity index (χ3v) is 3.62. The van der Waals surface area contributed by atoms with Crippen LogP contribution in [0.3, 0.4) is 0 Å². The van der Waals surface area contributed by atoms with Crippen LogP contribution >= 0.6 is 0 Å². The van der Waals surface area contributed by atoms with Gasteiger partial charge in [0.25, 0.3) is 0 Å². The molecule has 7 nitrogen and oxygen atoms in total. The predicted molar refractivity (Wildman–Crippen MR) is 86.4 cm³/mol. The Balaban J connectivity index is 1.71. The highest BCUT2D eigenvalue weighted by atomic mass is 16.5. The lowest BCUT2D eigenvalue weighted by Gasteiger charge is -2.09. The van der Waals surface area contributed by atoms with E-state index in [1.54, 1.807) is 11.6 Å². The third kappa shape index (κ3) is 2.42. The van der Waals surface area contributed by atoms with Gasteiger partial charge < -0.3 is 10.1 Å². The number of aromatic nitrogens is 5. The van der Waals surface area contributed by atoms with Crippen molar-refractivity contribution in [2.45, 2.75) is 6.54 Å². The van der Waals surface area contributed by atoms with Gasteiger partial charge in [-0.15, -0.1) is 5.10 Å². The minimum atomic E-state index is 0.602. The molecule has 0 aliphatic heterocycles. The zero-order chi connectivity index (χ0) is 15.6. The van der Waals surface area contributed by atoms with Crippen LogP contribution in [0.1, 0.15) is 5.56 Å². The lowest BCUT2D eigenvalue weighted by atomic mass is 10.2. The van der Waals surface area contributed by atoms with Gasteiger partial charge in [0.1, 0.15) is 5.75 Å². The number of nitrogens with zero attached hydrogens (tertiary/aromatic N) is 5. The zero-order valence-electron chi connectivity index (χ0n) is 12.5. The Kier molecular flexibility index (Phi) is 3.23. The topological polar surface area (TPSA) is 77.2 Å². The first-order valence-corrected chi connectivity index (χ1v) is 7.19. The maximum atomic E-state index is 5.24. The maximum Gasteiger partial charge on any atom is 0.222 e. The van der Waals surface area contributed by atoms with Crippen molar-refractivity contribution in [2.75, 3.05) is 12.4 Å². The van der Waals surface area contributed by atoms with Crippen LogP contribution in [-0.4, -0.2) is 32.1 Å². The summed E-state index contributed by atoms with van der Waals surface area (Å²) in [5.41, 5.74) is 3.40. The Labute approximate surface area is 131 Å². The van der Waals surface area contributed by atoms with Crippen LogP contribution in [0.5, 0.6) is 5.75 Å². The van der Waals surface area contributed by atoms with Crippen LogP contribution in [-0.2, 0) is 6.54 Å². The van der Waals surface area contributed by atoms with E-state index in [9.17, 15) is 0 Å². The Morgan fingerprint density at radius 3 is 2.96 bits per heavy atom. The van der Waals surface area contributed by atoms with Crippen LogP contribution < -0.4 is 10.1 Å². The Bertz CT molecular complexity index is 981. The van der Waals surface area contributed by atoms with E-state index in [0.29, 0.717) is 18.0 Å². The average molecular weight is 306 g/mol. The number of tetrazole rings is 1. The average Bonchev–Trinajstić information content (AvgIpc) is 3.10. The van der Waals surface area contributed by atoms with Gasteiger partial charge in [-0.3, -0.25) is 0 Å². The number of nitrogens with one attached hydrogen (secondary N) is 1. The molecule has 0 atom stereocenters. The van der Waals surface area contributed by atoms with E-state index in [4.69, 9.17) is 4.74 Å². The number of benzene rings is 2. The van der Waals surface area contributed by atoms with Crippen molar-refractivity contribution in [1.82, 2.24) is 25.0 Å². The van der Waals surface area contributed by atoms with Gasteiger partial charge in [-0.05, 0) is 40.3 Å². The van der Waals surface area contributed by atoms with E-state index in [1.807, 2.05) is 48.5 Å². The fourth-order valence-electron chi connectivity index (χ4n) is 2.49. The summed E-state index contributed by atoms with van der Waals surface area (Å²) in [6.45, 7) is 0.602. The summed E-state index contributed by atoms with van der Waals surface area (Å²) in [5, 5.41) is 15.2.